The van der Waals surface area contributed by atoms with Crippen LogP contribution < -0.4 is 5.56 Å². The lowest BCUT2D eigenvalue weighted by Gasteiger charge is -2.14. The monoisotopic (exact) mass is 407 g/mol. The molecule has 4 nitrogen and oxygen atoms in total. The molecule has 0 radical (unpaired) electrons. The Kier molecular flexibility index (Phi) is 4.13. The van der Waals surface area contributed by atoms with E-state index in [1.54, 1.807) is 24.3 Å². The lowest BCUT2D eigenvalue weighted by molar-refractivity contribution is -0.137. The Bertz CT molecular complexity index is 1450. The zero-order valence-electron chi connectivity index (χ0n) is 15.7. The highest BCUT2D eigenvalue weighted by atomic mass is 19.4. The van der Waals surface area contributed by atoms with Gasteiger partial charge in [-0.25, -0.2) is 4.98 Å². The Labute approximate surface area is 168 Å². The van der Waals surface area contributed by atoms with E-state index in [1.807, 2.05) is 30.3 Å². The van der Waals surface area contributed by atoms with E-state index in [-0.39, 0.29) is 11.2 Å². The Morgan fingerprint density at radius 3 is 2.33 bits per heavy atom. The Hall–Kier alpha value is -3.61. The number of aromatic nitrogens is 3. The standard InChI is InChI=1S/C23H16F3N3O/c24-23(25,26)16-10-11-19-20(14-16)29-18-9-5-4-8-17(18)27-21(29)22(30)28(19)13-12-15-6-2-1-3-7-15/h1-11,14H,12-13H2. The minimum atomic E-state index is -4.48. The minimum Gasteiger partial charge on any atom is -0.303 e. The highest BCUT2D eigenvalue weighted by molar-refractivity contribution is 5.89. The normalized spacial score (nSPS) is 12.2. The molecule has 7 heteroatoms. The van der Waals surface area contributed by atoms with Crippen LogP contribution in [0.15, 0.2) is 77.6 Å². The zero-order chi connectivity index (χ0) is 20.9. The molecule has 5 aromatic rings. The number of benzene rings is 3. The summed E-state index contributed by atoms with van der Waals surface area (Å²) in [5.74, 6) is 0. The van der Waals surface area contributed by atoms with Crippen LogP contribution in [-0.2, 0) is 19.1 Å². The molecule has 0 saturated heterocycles. The predicted octanol–water partition coefficient (Wildman–Crippen LogP) is 5.06. The Morgan fingerprint density at radius 2 is 1.57 bits per heavy atom. The molecule has 5 rings (SSSR count). The minimum absolute atomic E-state index is 0.121. The Balaban J connectivity index is 1.81. The average molecular weight is 407 g/mol. The van der Waals surface area contributed by atoms with Gasteiger partial charge in [-0.05, 0) is 42.3 Å². The average Bonchev–Trinajstić information content (AvgIpc) is 3.14. The van der Waals surface area contributed by atoms with Gasteiger partial charge >= 0.3 is 6.18 Å². The summed E-state index contributed by atoms with van der Waals surface area (Å²) in [6.07, 6.45) is -3.91. The van der Waals surface area contributed by atoms with E-state index in [0.29, 0.717) is 35.0 Å². The number of aryl methyl sites for hydroxylation is 2. The lowest BCUT2D eigenvalue weighted by atomic mass is 10.1. The molecule has 0 amide bonds. The number of hydrogen-bond donors (Lipinski definition) is 0. The second-order valence-electron chi connectivity index (χ2n) is 7.15. The molecule has 30 heavy (non-hydrogen) atoms. The molecule has 3 aromatic carbocycles. The van der Waals surface area contributed by atoms with Crippen LogP contribution in [0.1, 0.15) is 11.1 Å². The molecule has 0 fully saturated rings. The third kappa shape index (κ3) is 2.94. The van der Waals surface area contributed by atoms with Crippen molar-refractivity contribution >= 4 is 27.7 Å². The molecule has 0 saturated carbocycles. The summed E-state index contributed by atoms with van der Waals surface area (Å²) in [6, 6.07) is 20.2. The Morgan fingerprint density at radius 1 is 0.833 bits per heavy atom. The second kappa shape index (κ2) is 6.73. The number of halogens is 3. The van der Waals surface area contributed by atoms with Gasteiger partial charge in [-0.1, -0.05) is 42.5 Å². The second-order valence-corrected chi connectivity index (χ2v) is 7.15. The molecule has 0 aliphatic rings. The number of para-hydroxylation sites is 2. The summed E-state index contributed by atoms with van der Waals surface area (Å²) in [4.78, 5) is 17.7. The van der Waals surface area contributed by atoms with Crippen LogP contribution in [0.25, 0.3) is 27.7 Å². The van der Waals surface area contributed by atoms with E-state index in [0.717, 1.165) is 17.7 Å². The van der Waals surface area contributed by atoms with Gasteiger partial charge in [-0.2, -0.15) is 13.2 Å². The van der Waals surface area contributed by atoms with Crippen molar-refractivity contribution in [2.45, 2.75) is 19.1 Å². The van der Waals surface area contributed by atoms with Gasteiger partial charge in [-0.3, -0.25) is 9.20 Å². The summed E-state index contributed by atoms with van der Waals surface area (Å²) in [7, 11) is 0. The highest BCUT2D eigenvalue weighted by Crippen LogP contribution is 2.32. The molecule has 0 atom stereocenters. The molecule has 0 aliphatic heterocycles. The summed E-state index contributed by atoms with van der Waals surface area (Å²) < 4.78 is 43.3. The molecule has 150 valence electrons. The van der Waals surface area contributed by atoms with Crippen molar-refractivity contribution < 1.29 is 13.2 Å². The molecular weight excluding hydrogens is 391 g/mol. The largest absolute Gasteiger partial charge is 0.416 e. The van der Waals surface area contributed by atoms with Crippen LogP contribution in [0.5, 0.6) is 0 Å². The van der Waals surface area contributed by atoms with Gasteiger partial charge in [-0.15, -0.1) is 0 Å². The molecule has 0 aliphatic carbocycles. The van der Waals surface area contributed by atoms with Gasteiger partial charge in [0.05, 0.1) is 27.6 Å². The first-order valence-corrected chi connectivity index (χ1v) is 9.48. The predicted molar refractivity (Wildman–Crippen MR) is 110 cm³/mol. The van der Waals surface area contributed by atoms with Crippen LogP contribution in [0, 0.1) is 0 Å². The van der Waals surface area contributed by atoms with Crippen LogP contribution in [0.2, 0.25) is 0 Å². The third-order valence-electron chi connectivity index (χ3n) is 5.30. The fourth-order valence-corrected chi connectivity index (χ4v) is 3.86. The molecule has 2 aromatic heterocycles. The van der Waals surface area contributed by atoms with E-state index in [2.05, 4.69) is 4.98 Å². The fourth-order valence-electron chi connectivity index (χ4n) is 3.86. The first kappa shape index (κ1) is 18.4. The smallest absolute Gasteiger partial charge is 0.303 e. The molecule has 0 bridgehead atoms. The highest BCUT2D eigenvalue weighted by Gasteiger charge is 2.31. The van der Waals surface area contributed by atoms with E-state index in [9.17, 15) is 18.0 Å². The quantitative estimate of drug-likeness (QED) is 0.419. The zero-order valence-corrected chi connectivity index (χ0v) is 15.7. The van der Waals surface area contributed by atoms with Gasteiger partial charge < -0.3 is 4.57 Å². The van der Waals surface area contributed by atoms with Crippen molar-refractivity contribution in [3.05, 3.63) is 94.3 Å². The maximum absolute atomic E-state index is 13.4. The van der Waals surface area contributed by atoms with Gasteiger partial charge in [0.1, 0.15) is 0 Å². The number of hydrogen-bond acceptors (Lipinski definition) is 2. The number of imidazole rings is 1. The number of alkyl halides is 3. The van der Waals surface area contributed by atoms with Crippen LogP contribution in [-0.4, -0.2) is 14.0 Å². The van der Waals surface area contributed by atoms with Crippen LogP contribution in [0.3, 0.4) is 0 Å². The van der Waals surface area contributed by atoms with Crippen molar-refractivity contribution in [3.8, 4) is 0 Å². The molecular formula is C23H16F3N3O. The molecule has 0 spiro atoms. The third-order valence-corrected chi connectivity index (χ3v) is 5.30. The summed E-state index contributed by atoms with van der Waals surface area (Å²) in [5, 5.41) is 0. The maximum Gasteiger partial charge on any atom is 0.416 e. The van der Waals surface area contributed by atoms with Gasteiger partial charge in [0, 0.05) is 6.54 Å². The molecule has 0 N–H and O–H groups in total. The first-order chi connectivity index (χ1) is 14.4. The van der Waals surface area contributed by atoms with E-state index in [1.165, 1.54) is 15.0 Å². The summed E-state index contributed by atoms with van der Waals surface area (Å²) >= 11 is 0. The van der Waals surface area contributed by atoms with E-state index >= 15 is 0 Å². The fraction of sp³-hybridized carbons (Fsp3) is 0.130. The molecule has 0 unspecified atom stereocenters. The van der Waals surface area contributed by atoms with Gasteiger partial charge in [0.25, 0.3) is 5.56 Å². The number of rotatable bonds is 3. The van der Waals surface area contributed by atoms with E-state index < -0.39 is 11.7 Å². The van der Waals surface area contributed by atoms with Crippen LogP contribution >= 0.6 is 0 Å². The van der Waals surface area contributed by atoms with Crippen LogP contribution in [0.4, 0.5) is 13.2 Å². The van der Waals surface area contributed by atoms with Gasteiger partial charge in [0.2, 0.25) is 5.65 Å². The number of fused-ring (bicyclic) bond motifs is 5. The van der Waals surface area contributed by atoms with Crippen molar-refractivity contribution in [2.75, 3.05) is 0 Å². The summed E-state index contributed by atoms with van der Waals surface area (Å²) in [6.45, 7) is 0.338. The van der Waals surface area contributed by atoms with E-state index in [4.69, 9.17) is 0 Å². The van der Waals surface area contributed by atoms with Gasteiger partial charge in [0.15, 0.2) is 0 Å². The van der Waals surface area contributed by atoms with Crippen molar-refractivity contribution in [1.82, 2.24) is 14.0 Å². The van der Waals surface area contributed by atoms with Crippen molar-refractivity contribution in [1.29, 1.82) is 0 Å². The lowest BCUT2D eigenvalue weighted by Crippen LogP contribution is -2.24. The maximum atomic E-state index is 13.4. The molecule has 2 heterocycles. The van der Waals surface area contributed by atoms with Crippen molar-refractivity contribution in [2.24, 2.45) is 0 Å². The SMILES string of the molecule is O=c1c2nc3ccccc3n2c2cc(C(F)(F)F)ccc2n1CCc1ccccc1. The topological polar surface area (TPSA) is 39.3 Å². The number of nitrogens with zero attached hydrogens (tertiary/aromatic N) is 3. The first-order valence-electron chi connectivity index (χ1n) is 9.48. The van der Waals surface area contributed by atoms with Crippen molar-refractivity contribution in [3.63, 3.8) is 0 Å². The summed E-state index contributed by atoms with van der Waals surface area (Å²) in [5.41, 5.74) is 1.99.